The first-order chi connectivity index (χ1) is 9.56. The molecule has 108 valence electrons. The second kappa shape index (κ2) is 5.08. The highest BCUT2D eigenvalue weighted by atomic mass is 16.5. The summed E-state index contributed by atoms with van der Waals surface area (Å²) in [5.41, 5.74) is -0.109. The lowest BCUT2D eigenvalue weighted by Crippen LogP contribution is -2.24. The Labute approximate surface area is 118 Å². The Morgan fingerprint density at radius 3 is 2.75 bits per heavy atom. The molecule has 20 heavy (non-hydrogen) atoms. The van der Waals surface area contributed by atoms with Gasteiger partial charge in [-0.05, 0) is 48.9 Å². The SMILES string of the molecule is C=C(CC(=O)OCC1CCC2C3C=CC(C3)C12)C(=O)O. The molecule has 2 bridgehead atoms. The molecule has 0 radical (unpaired) electrons. The maximum atomic E-state index is 11.6. The fourth-order valence-corrected chi connectivity index (χ4v) is 4.36. The van der Waals surface area contributed by atoms with Crippen LogP contribution in [0.5, 0.6) is 0 Å². The van der Waals surface area contributed by atoms with E-state index in [1.807, 2.05) is 0 Å². The van der Waals surface area contributed by atoms with E-state index in [0.717, 1.165) is 18.3 Å². The molecule has 2 saturated carbocycles. The monoisotopic (exact) mass is 276 g/mol. The highest BCUT2D eigenvalue weighted by Gasteiger charge is 2.51. The second-order valence-corrected chi connectivity index (χ2v) is 6.30. The highest BCUT2D eigenvalue weighted by Crippen LogP contribution is 2.57. The largest absolute Gasteiger partial charge is 0.478 e. The fraction of sp³-hybridized carbons (Fsp3) is 0.625. The third-order valence-corrected chi connectivity index (χ3v) is 5.22. The number of ether oxygens (including phenoxy) is 1. The average molecular weight is 276 g/mol. The summed E-state index contributed by atoms with van der Waals surface area (Å²) in [6.45, 7) is 3.78. The zero-order valence-electron chi connectivity index (χ0n) is 11.5. The summed E-state index contributed by atoms with van der Waals surface area (Å²) in [5.74, 6) is 1.70. The Hall–Kier alpha value is -1.58. The molecule has 0 aliphatic heterocycles. The number of hydrogen-bond acceptors (Lipinski definition) is 3. The van der Waals surface area contributed by atoms with Gasteiger partial charge in [0, 0.05) is 5.57 Å². The van der Waals surface area contributed by atoms with Crippen LogP contribution in [0.2, 0.25) is 0 Å². The third kappa shape index (κ3) is 2.28. The van der Waals surface area contributed by atoms with Gasteiger partial charge in [0.15, 0.2) is 0 Å². The molecule has 0 aromatic carbocycles. The lowest BCUT2D eigenvalue weighted by Gasteiger charge is -2.25. The molecule has 0 aromatic rings. The van der Waals surface area contributed by atoms with Crippen molar-refractivity contribution in [3.05, 3.63) is 24.3 Å². The normalized spacial score (nSPS) is 36.9. The Bertz CT molecular complexity index is 479. The van der Waals surface area contributed by atoms with Crippen molar-refractivity contribution in [2.24, 2.45) is 29.6 Å². The van der Waals surface area contributed by atoms with Crippen LogP contribution in [0, 0.1) is 29.6 Å². The van der Waals surface area contributed by atoms with Gasteiger partial charge in [-0.25, -0.2) is 4.79 Å². The zero-order chi connectivity index (χ0) is 14.3. The van der Waals surface area contributed by atoms with Crippen LogP contribution in [-0.4, -0.2) is 23.7 Å². The Balaban J connectivity index is 1.50. The van der Waals surface area contributed by atoms with E-state index >= 15 is 0 Å². The lowest BCUT2D eigenvalue weighted by atomic mass is 9.81. The second-order valence-electron chi connectivity index (χ2n) is 6.30. The molecule has 1 N–H and O–H groups in total. The van der Waals surface area contributed by atoms with Gasteiger partial charge in [0.25, 0.3) is 0 Å². The standard InChI is InChI=1S/C16H20O4/c1-9(16(18)19)6-14(17)20-8-12-4-5-13-10-2-3-11(7-10)15(12)13/h2-3,10-13,15H,1,4-8H2,(H,18,19). The summed E-state index contributed by atoms with van der Waals surface area (Å²) < 4.78 is 5.28. The van der Waals surface area contributed by atoms with Gasteiger partial charge in [-0.3, -0.25) is 4.79 Å². The van der Waals surface area contributed by atoms with Crippen molar-refractivity contribution in [2.75, 3.05) is 6.61 Å². The van der Waals surface area contributed by atoms with Crippen LogP contribution in [0.3, 0.4) is 0 Å². The Kier molecular flexibility index (Phi) is 3.40. The number of aliphatic carboxylic acids is 1. The molecule has 5 unspecified atom stereocenters. The minimum Gasteiger partial charge on any atom is -0.478 e. The van der Waals surface area contributed by atoms with Crippen LogP contribution < -0.4 is 0 Å². The van der Waals surface area contributed by atoms with Crippen LogP contribution >= 0.6 is 0 Å². The number of hydrogen-bond donors (Lipinski definition) is 1. The van der Waals surface area contributed by atoms with E-state index in [0.29, 0.717) is 24.4 Å². The topological polar surface area (TPSA) is 63.6 Å². The lowest BCUT2D eigenvalue weighted by molar-refractivity contribution is -0.146. The molecule has 0 aromatic heterocycles. The molecule has 0 amide bonds. The highest BCUT2D eigenvalue weighted by molar-refractivity contribution is 5.91. The van der Waals surface area contributed by atoms with Crippen LogP contribution in [0.25, 0.3) is 0 Å². The molecule has 0 spiro atoms. The van der Waals surface area contributed by atoms with Gasteiger partial charge in [0.1, 0.15) is 0 Å². The van der Waals surface area contributed by atoms with Crippen molar-refractivity contribution in [1.82, 2.24) is 0 Å². The fourth-order valence-electron chi connectivity index (χ4n) is 4.36. The summed E-state index contributed by atoms with van der Waals surface area (Å²) in [7, 11) is 0. The molecule has 3 aliphatic carbocycles. The molecule has 2 fully saturated rings. The number of allylic oxidation sites excluding steroid dienone is 2. The summed E-state index contributed by atoms with van der Waals surface area (Å²) in [4.78, 5) is 22.2. The quantitative estimate of drug-likeness (QED) is 0.476. The van der Waals surface area contributed by atoms with Crippen LogP contribution in [0.1, 0.15) is 25.7 Å². The summed E-state index contributed by atoms with van der Waals surface area (Å²) in [6, 6.07) is 0. The summed E-state index contributed by atoms with van der Waals surface area (Å²) in [5, 5.41) is 8.69. The third-order valence-electron chi connectivity index (χ3n) is 5.22. The first-order valence-electron chi connectivity index (χ1n) is 7.31. The van der Waals surface area contributed by atoms with Gasteiger partial charge < -0.3 is 9.84 Å². The molecule has 3 rings (SSSR count). The summed E-state index contributed by atoms with van der Waals surface area (Å²) in [6.07, 6.45) is 8.10. The first kappa shape index (κ1) is 13.4. The number of carboxylic acids is 1. The molecule has 0 heterocycles. The van der Waals surface area contributed by atoms with Crippen molar-refractivity contribution in [2.45, 2.75) is 25.7 Å². The molecule has 3 aliphatic rings. The Morgan fingerprint density at radius 2 is 2.00 bits per heavy atom. The van der Waals surface area contributed by atoms with Gasteiger partial charge >= 0.3 is 11.9 Å². The number of carbonyl (C=O) groups is 2. The molecule has 0 saturated heterocycles. The van der Waals surface area contributed by atoms with E-state index in [1.54, 1.807) is 0 Å². The first-order valence-corrected chi connectivity index (χ1v) is 7.31. The molecular weight excluding hydrogens is 256 g/mol. The number of carbonyl (C=O) groups excluding carboxylic acids is 1. The average Bonchev–Trinajstić information content (AvgIpc) is 3.09. The van der Waals surface area contributed by atoms with Crippen LogP contribution in [0.15, 0.2) is 24.3 Å². The van der Waals surface area contributed by atoms with Crippen LogP contribution in [-0.2, 0) is 14.3 Å². The van der Waals surface area contributed by atoms with E-state index in [9.17, 15) is 9.59 Å². The van der Waals surface area contributed by atoms with E-state index in [-0.39, 0.29) is 12.0 Å². The number of fused-ring (bicyclic) bond motifs is 5. The van der Waals surface area contributed by atoms with Gasteiger partial charge in [-0.1, -0.05) is 18.7 Å². The van der Waals surface area contributed by atoms with Crippen LogP contribution in [0.4, 0.5) is 0 Å². The molecule has 4 heteroatoms. The molecular formula is C16H20O4. The number of carboxylic acid groups (broad SMARTS) is 1. The van der Waals surface area contributed by atoms with Gasteiger partial charge in [-0.2, -0.15) is 0 Å². The van der Waals surface area contributed by atoms with Crippen molar-refractivity contribution in [3.63, 3.8) is 0 Å². The van der Waals surface area contributed by atoms with Gasteiger partial charge in [0.05, 0.1) is 13.0 Å². The van der Waals surface area contributed by atoms with E-state index in [1.165, 1.54) is 12.8 Å². The zero-order valence-corrected chi connectivity index (χ0v) is 11.5. The Morgan fingerprint density at radius 1 is 1.25 bits per heavy atom. The van der Waals surface area contributed by atoms with Crippen molar-refractivity contribution in [3.8, 4) is 0 Å². The number of rotatable bonds is 5. The number of esters is 1. The predicted octanol–water partition coefficient (Wildman–Crippen LogP) is 2.41. The van der Waals surface area contributed by atoms with Crippen molar-refractivity contribution < 1.29 is 19.4 Å². The van der Waals surface area contributed by atoms with E-state index < -0.39 is 11.9 Å². The van der Waals surface area contributed by atoms with Gasteiger partial charge in [0.2, 0.25) is 0 Å². The summed E-state index contributed by atoms with van der Waals surface area (Å²) >= 11 is 0. The minimum atomic E-state index is -1.14. The minimum absolute atomic E-state index is 0.109. The van der Waals surface area contributed by atoms with E-state index in [2.05, 4.69) is 18.7 Å². The van der Waals surface area contributed by atoms with Gasteiger partial charge in [-0.15, -0.1) is 0 Å². The van der Waals surface area contributed by atoms with E-state index in [4.69, 9.17) is 9.84 Å². The molecule has 5 atom stereocenters. The maximum Gasteiger partial charge on any atom is 0.331 e. The molecule has 4 nitrogen and oxygen atoms in total. The van der Waals surface area contributed by atoms with Crippen molar-refractivity contribution >= 4 is 11.9 Å². The smallest absolute Gasteiger partial charge is 0.331 e. The van der Waals surface area contributed by atoms with Crippen molar-refractivity contribution in [1.29, 1.82) is 0 Å². The predicted molar refractivity (Wildman–Crippen MR) is 72.8 cm³/mol. The maximum absolute atomic E-state index is 11.6.